The predicted molar refractivity (Wildman–Crippen MR) is 145 cm³/mol. The van der Waals surface area contributed by atoms with Gasteiger partial charge in [-0.25, -0.2) is 8.42 Å². The van der Waals surface area contributed by atoms with E-state index in [0.717, 1.165) is 11.1 Å². The number of nitrogens with zero attached hydrogens (tertiary/aromatic N) is 1. The van der Waals surface area contributed by atoms with Crippen molar-refractivity contribution < 1.29 is 27.4 Å². The average molecular weight is 525 g/mol. The zero-order valence-electron chi connectivity index (χ0n) is 21.4. The quantitative estimate of drug-likeness (QED) is 0.337. The van der Waals surface area contributed by atoms with Crippen LogP contribution in [0.15, 0.2) is 77.7 Å². The maximum absolute atomic E-state index is 12.9. The summed E-state index contributed by atoms with van der Waals surface area (Å²) >= 11 is 0. The van der Waals surface area contributed by atoms with Gasteiger partial charge in [-0.1, -0.05) is 50.2 Å². The normalized spacial score (nSPS) is 11.5. The molecule has 1 amide bonds. The molecule has 0 aliphatic carbocycles. The van der Waals surface area contributed by atoms with Gasteiger partial charge in [0.1, 0.15) is 12.4 Å². The van der Waals surface area contributed by atoms with Crippen molar-refractivity contribution in [2.45, 2.75) is 25.3 Å². The van der Waals surface area contributed by atoms with Gasteiger partial charge in [0, 0.05) is 19.2 Å². The molecule has 0 heterocycles. The molecule has 0 saturated heterocycles. The van der Waals surface area contributed by atoms with Crippen molar-refractivity contribution in [1.29, 1.82) is 0 Å². The number of rotatable bonds is 12. The lowest BCUT2D eigenvalue weighted by Crippen LogP contribution is -2.30. The minimum atomic E-state index is -3.69. The number of carbonyl (C=O) groups is 1. The van der Waals surface area contributed by atoms with E-state index in [1.165, 1.54) is 35.7 Å². The van der Waals surface area contributed by atoms with Gasteiger partial charge in [0.15, 0.2) is 11.5 Å². The predicted octanol–water partition coefficient (Wildman–Crippen LogP) is 4.97. The molecule has 9 heteroatoms. The van der Waals surface area contributed by atoms with Crippen molar-refractivity contribution in [3.8, 4) is 17.2 Å². The number of benzene rings is 3. The minimum absolute atomic E-state index is 0.0760. The van der Waals surface area contributed by atoms with Gasteiger partial charge in [-0.15, -0.1) is 0 Å². The molecule has 0 unspecified atom stereocenters. The summed E-state index contributed by atoms with van der Waals surface area (Å²) in [6, 6.07) is 19.5. The van der Waals surface area contributed by atoms with Crippen molar-refractivity contribution in [3.05, 3.63) is 83.9 Å². The molecule has 3 rings (SSSR count). The van der Waals surface area contributed by atoms with Crippen LogP contribution in [-0.4, -0.2) is 45.9 Å². The summed E-state index contributed by atoms with van der Waals surface area (Å²) in [6.07, 6.45) is 2.98. The van der Waals surface area contributed by atoms with Gasteiger partial charge in [0.2, 0.25) is 15.9 Å². The first-order chi connectivity index (χ1) is 17.8. The second kappa shape index (κ2) is 12.9. The summed E-state index contributed by atoms with van der Waals surface area (Å²) in [7, 11) is -0.688. The molecule has 0 spiro atoms. The maximum Gasteiger partial charge on any atom is 0.248 e. The van der Waals surface area contributed by atoms with Crippen LogP contribution in [0.3, 0.4) is 0 Å². The zero-order valence-corrected chi connectivity index (χ0v) is 22.2. The van der Waals surface area contributed by atoms with E-state index in [1.54, 1.807) is 39.2 Å². The Balaban J connectivity index is 1.74. The molecule has 3 aromatic carbocycles. The van der Waals surface area contributed by atoms with Crippen LogP contribution in [0.25, 0.3) is 6.08 Å². The minimum Gasteiger partial charge on any atom is -0.495 e. The number of nitrogens with one attached hydrogen (secondary N) is 1. The standard InChI is InChI=1S/C28H32N2O6S/c1-5-30(6-2)37(32,33)23-14-16-25(34-3)24(19-23)29-28(31)17-13-21-12-15-26(27(18-21)35-4)36-20-22-10-8-7-9-11-22/h7-19H,5-6,20H2,1-4H3,(H,29,31)/b17-13+. The number of hydrogen-bond donors (Lipinski definition) is 1. The largest absolute Gasteiger partial charge is 0.495 e. The second-order valence-electron chi connectivity index (χ2n) is 7.96. The highest BCUT2D eigenvalue weighted by Gasteiger charge is 2.23. The van der Waals surface area contributed by atoms with E-state index in [0.29, 0.717) is 36.9 Å². The topological polar surface area (TPSA) is 94.2 Å². The van der Waals surface area contributed by atoms with Crippen LogP contribution in [0.1, 0.15) is 25.0 Å². The molecular formula is C28H32N2O6S. The Morgan fingerprint density at radius 2 is 1.57 bits per heavy atom. The molecule has 0 aliphatic heterocycles. The third-order valence-electron chi connectivity index (χ3n) is 5.62. The van der Waals surface area contributed by atoms with Crippen LogP contribution in [0.5, 0.6) is 17.2 Å². The summed E-state index contributed by atoms with van der Waals surface area (Å²) in [5.41, 5.74) is 2.02. The highest BCUT2D eigenvalue weighted by atomic mass is 32.2. The number of sulfonamides is 1. The fraction of sp³-hybridized carbons (Fsp3) is 0.250. The molecular weight excluding hydrogens is 492 g/mol. The molecule has 0 atom stereocenters. The highest BCUT2D eigenvalue weighted by Crippen LogP contribution is 2.30. The number of carbonyl (C=O) groups excluding carboxylic acids is 1. The molecule has 196 valence electrons. The van der Waals surface area contributed by atoms with Gasteiger partial charge in [-0.05, 0) is 47.5 Å². The van der Waals surface area contributed by atoms with E-state index in [9.17, 15) is 13.2 Å². The average Bonchev–Trinajstić information content (AvgIpc) is 2.92. The van der Waals surface area contributed by atoms with Crippen molar-refractivity contribution in [1.82, 2.24) is 4.31 Å². The molecule has 0 fully saturated rings. The molecule has 0 aromatic heterocycles. The van der Waals surface area contributed by atoms with E-state index in [2.05, 4.69) is 5.32 Å². The lowest BCUT2D eigenvalue weighted by Gasteiger charge is -2.19. The first kappa shape index (κ1) is 27.8. The van der Waals surface area contributed by atoms with Gasteiger partial charge >= 0.3 is 0 Å². The van der Waals surface area contributed by atoms with E-state index in [-0.39, 0.29) is 10.6 Å². The summed E-state index contributed by atoms with van der Waals surface area (Å²) in [4.78, 5) is 12.7. The lowest BCUT2D eigenvalue weighted by molar-refractivity contribution is -0.111. The van der Waals surface area contributed by atoms with E-state index >= 15 is 0 Å². The van der Waals surface area contributed by atoms with Crippen LogP contribution in [-0.2, 0) is 21.4 Å². The van der Waals surface area contributed by atoms with Gasteiger partial charge < -0.3 is 19.5 Å². The van der Waals surface area contributed by atoms with Crippen molar-refractivity contribution in [2.75, 3.05) is 32.6 Å². The first-order valence-corrected chi connectivity index (χ1v) is 13.3. The Bertz CT molecular complexity index is 1340. The Morgan fingerprint density at radius 1 is 0.892 bits per heavy atom. The molecule has 0 saturated carbocycles. The third-order valence-corrected chi connectivity index (χ3v) is 7.67. The third kappa shape index (κ3) is 7.12. The number of ether oxygens (including phenoxy) is 3. The second-order valence-corrected chi connectivity index (χ2v) is 9.90. The van der Waals surface area contributed by atoms with Gasteiger partial charge in [0.25, 0.3) is 0 Å². The van der Waals surface area contributed by atoms with Crippen molar-refractivity contribution >= 4 is 27.7 Å². The zero-order chi connectivity index (χ0) is 26.8. The van der Waals surface area contributed by atoms with Crippen LogP contribution < -0.4 is 19.5 Å². The smallest absolute Gasteiger partial charge is 0.248 e. The van der Waals surface area contributed by atoms with Crippen molar-refractivity contribution in [3.63, 3.8) is 0 Å². The Morgan fingerprint density at radius 3 is 2.22 bits per heavy atom. The molecule has 8 nitrogen and oxygen atoms in total. The lowest BCUT2D eigenvalue weighted by atomic mass is 10.2. The molecule has 0 radical (unpaired) electrons. The fourth-order valence-corrected chi connectivity index (χ4v) is 5.13. The molecule has 0 bridgehead atoms. The Hall–Kier alpha value is -3.82. The maximum atomic E-state index is 12.9. The highest BCUT2D eigenvalue weighted by molar-refractivity contribution is 7.89. The van der Waals surface area contributed by atoms with Crippen LogP contribution in [0.2, 0.25) is 0 Å². The summed E-state index contributed by atoms with van der Waals surface area (Å²) in [5.74, 6) is 1.03. The van der Waals surface area contributed by atoms with Crippen LogP contribution in [0.4, 0.5) is 5.69 Å². The number of anilines is 1. The number of methoxy groups -OCH3 is 2. The monoisotopic (exact) mass is 524 g/mol. The molecule has 1 N–H and O–H groups in total. The van der Waals surface area contributed by atoms with E-state index in [4.69, 9.17) is 14.2 Å². The molecule has 37 heavy (non-hydrogen) atoms. The SMILES string of the molecule is CCN(CC)S(=O)(=O)c1ccc(OC)c(NC(=O)/C=C/c2ccc(OCc3ccccc3)c(OC)c2)c1. The van der Waals surface area contributed by atoms with Gasteiger partial charge in [-0.2, -0.15) is 4.31 Å². The number of amides is 1. The molecule has 0 aliphatic rings. The summed E-state index contributed by atoms with van der Waals surface area (Å²) < 4.78 is 43.8. The van der Waals surface area contributed by atoms with Crippen LogP contribution >= 0.6 is 0 Å². The Labute approximate surface area is 218 Å². The fourth-order valence-electron chi connectivity index (χ4n) is 3.65. The van der Waals surface area contributed by atoms with Gasteiger partial charge in [-0.3, -0.25) is 4.79 Å². The first-order valence-electron chi connectivity index (χ1n) is 11.8. The van der Waals surface area contributed by atoms with E-state index < -0.39 is 15.9 Å². The molecule has 3 aromatic rings. The summed E-state index contributed by atoms with van der Waals surface area (Å²) in [6.45, 7) is 4.63. The number of hydrogen-bond acceptors (Lipinski definition) is 6. The Kier molecular flexibility index (Phi) is 9.71. The van der Waals surface area contributed by atoms with Crippen molar-refractivity contribution in [2.24, 2.45) is 0 Å². The van der Waals surface area contributed by atoms with Crippen LogP contribution in [0, 0.1) is 0 Å². The van der Waals surface area contributed by atoms with E-state index in [1.807, 2.05) is 36.4 Å². The summed E-state index contributed by atoms with van der Waals surface area (Å²) in [5, 5.41) is 2.71. The van der Waals surface area contributed by atoms with Gasteiger partial charge in [0.05, 0.1) is 24.8 Å².